The molecule has 0 aliphatic carbocycles. The van der Waals surface area contributed by atoms with Crippen molar-refractivity contribution in [1.82, 2.24) is 4.57 Å². The summed E-state index contributed by atoms with van der Waals surface area (Å²) in [5.74, 6) is 0. The molecular formula is C14H16F3NO. The third kappa shape index (κ3) is 3.73. The Morgan fingerprint density at radius 2 is 2.00 bits per heavy atom. The van der Waals surface area contributed by atoms with Crippen LogP contribution in [-0.2, 0) is 11.3 Å². The number of halogens is 3. The Hall–Kier alpha value is -1.49. The molecule has 0 radical (unpaired) electrons. The maximum atomic E-state index is 11.9. The fourth-order valence-electron chi connectivity index (χ4n) is 2.10. The van der Waals surface area contributed by atoms with Crippen LogP contribution in [0.1, 0.15) is 12.0 Å². The number of rotatable bonds is 5. The highest BCUT2D eigenvalue weighted by molar-refractivity contribution is 5.83. The topological polar surface area (TPSA) is 14.2 Å². The number of aromatic nitrogens is 1. The minimum absolute atomic E-state index is 0.116. The zero-order chi connectivity index (χ0) is 13.9. The van der Waals surface area contributed by atoms with Crippen LogP contribution in [0, 0.1) is 6.92 Å². The number of hydrogen-bond donors (Lipinski definition) is 0. The van der Waals surface area contributed by atoms with Crippen molar-refractivity contribution < 1.29 is 17.9 Å². The first-order chi connectivity index (χ1) is 8.97. The van der Waals surface area contributed by atoms with E-state index in [2.05, 4.69) is 4.74 Å². The molecule has 0 aliphatic heterocycles. The fraction of sp³-hybridized carbons (Fsp3) is 0.429. The van der Waals surface area contributed by atoms with E-state index in [9.17, 15) is 13.2 Å². The molecule has 0 fully saturated rings. The van der Waals surface area contributed by atoms with Gasteiger partial charge >= 0.3 is 6.18 Å². The molecule has 0 amide bonds. The first-order valence-corrected chi connectivity index (χ1v) is 6.16. The summed E-state index contributed by atoms with van der Waals surface area (Å²) in [4.78, 5) is 0. The summed E-state index contributed by atoms with van der Waals surface area (Å²) >= 11 is 0. The maximum absolute atomic E-state index is 11.9. The molecule has 1 heterocycles. The largest absolute Gasteiger partial charge is 0.411 e. The van der Waals surface area contributed by atoms with Crippen molar-refractivity contribution in [3.8, 4) is 0 Å². The molecule has 0 unspecified atom stereocenters. The molecule has 0 saturated carbocycles. The fourth-order valence-corrected chi connectivity index (χ4v) is 2.10. The normalized spacial score (nSPS) is 12.2. The first-order valence-electron chi connectivity index (χ1n) is 6.16. The second-order valence-corrected chi connectivity index (χ2v) is 4.54. The lowest BCUT2D eigenvalue weighted by Gasteiger charge is -2.09. The van der Waals surface area contributed by atoms with Crippen molar-refractivity contribution in [2.24, 2.45) is 0 Å². The molecule has 0 N–H and O–H groups in total. The van der Waals surface area contributed by atoms with E-state index in [-0.39, 0.29) is 6.61 Å². The number of aryl methyl sites for hydroxylation is 2. The molecule has 2 rings (SSSR count). The van der Waals surface area contributed by atoms with Crippen LogP contribution in [0.2, 0.25) is 0 Å². The first kappa shape index (κ1) is 13.9. The van der Waals surface area contributed by atoms with Crippen LogP contribution >= 0.6 is 0 Å². The average molecular weight is 271 g/mol. The van der Waals surface area contributed by atoms with Gasteiger partial charge in [0.25, 0.3) is 0 Å². The summed E-state index contributed by atoms with van der Waals surface area (Å²) in [6.07, 6.45) is -1.72. The Morgan fingerprint density at radius 1 is 1.21 bits per heavy atom. The van der Waals surface area contributed by atoms with Gasteiger partial charge in [-0.05, 0) is 31.0 Å². The van der Waals surface area contributed by atoms with Gasteiger partial charge in [0, 0.05) is 30.3 Å². The molecule has 0 spiro atoms. The van der Waals surface area contributed by atoms with E-state index in [0.29, 0.717) is 13.0 Å². The van der Waals surface area contributed by atoms with E-state index in [4.69, 9.17) is 0 Å². The molecule has 0 bridgehead atoms. The molecule has 1 aromatic carbocycles. The van der Waals surface area contributed by atoms with Gasteiger partial charge in [0.15, 0.2) is 0 Å². The van der Waals surface area contributed by atoms with Crippen LogP contribution < -0.4 is 0 Å². The average Bonchev–Trinajstić information content (AvgIpc) is 2.72. The van der Waals surface area contributed by atoms with Crippen molar-refractivity contribution in [3.63, 3.8) is 0 Å². The van der Waals surface area contributed by atoms with Crippen LogP contribution in [0.5, 0.6) is 0 Å². The molecular weight excluding hydrogens is 255 g/mol. The highest BCUT2D eigenvalue weighted by atomic mass is 19.4. The molecule has 5 heteroatoms. The SMILES string of the molecule is Cc1cccc2c1ccn2CCCOCC(F)(F)F. The molecule has 0 aliphatic rings. The third-order valence-corrected chi connectivity index (χ3v) is 2.99. The molecule has 2 nitrogen and oxygen atoms in total. The van der Waals surface area contributed by atoms with Crippen molar-refractivity contribution in [2.45, 2.75) is 26.1 Å². The number of benzene rings is 1. The van der Waals surface area contributed by atoms with Crippen LogP contribution in [0.25, 0.3) is 10.9 Å². The van der Waals surface area contributed by atoms with Gasteiger partial charge in [-0.15, -0.1) is 0 Å². The summed E-state index contributed by atoms with van der Waals surface area (Å²) in [6, 6.07) is 8.06. The number of nitrogens with zero attached hydrogens (tertiary/aromatic N) is 1. The lowest BCUT2D eigenvalue weighted by Crippen LogP contribution is -2.17. The zero-order valence-corrected chi connectivity index (χ0v) is 10.7. The Labute approximate surface area is 109 Å². The van der Waals surface area contributed by atoms with Crippen LogP contribution in [-0.4, -0.2) is 24.0 Å². The second kappa shape index (κ2) is 5.65. The van der Waals surface area contributed by atoms with E-state index >= 15 is 0 Å². The minimum Gasteiger partial charge on any atom is -0.372 e. The Kier molecular flexibility index (Phi) is 4.14. The standard InChI is InChI=1S/C14H16F3NO/c1-11-4-2-5-13-12(11)6-8-18(13)7-3-9-19-10-14(15,16)17/h2,4-6,8H,3,7,9-10H2,1H3. The van der Waals surface area contributed by atoms with Crippen molar-refractivity contribution in [1.29, 1.82) is 0 Å². The van der Waals surface area contributed by atoms with E-state index in [1.165, 1.54) is 10.9 Å². The maximum Gasteiger partial charge on any atom is 0.411 e. The Balaban J connectivity index is 1.87. The zero-order valence-electron chi connectivity index (χ0n) is 10.7. The van der Waals surface area contributed by atoms with E-state index in [1.54, 1.807) is 0 Å². The summed E-state index contributed by atoms with van der Waals surface area (Å²) in [5, 5.41) is 1.18. The van der Waals surface area contributed by atoms with Gasteiger partial charge in [-0.1, -0.05) is 12.1 Å². The van der Waals surface area contributed by atoms with Crippen LogP contribution in [0.3, 0.4) is 0 Å². The Bertz CT molecular complexity index is 545. The van der Waals surface area contributed by atoms with Gasteiger partial charge in [0.05, 0.1) is 0 Å². The number of alkyl halides is 3. The lowest BCUT2D eigenvalue weighted by atomic mass is 10.1. The molecule has 19 heavy (non-hydrogen) atoms. The van der Waals surface area contributed by atoms with Gasteiger partial charge in [-0.2, -0.15) is 13.2 Å². The van der Waals surface area contributed by atoms with Crippen molar-refractivity contribution in [3.05, 3.63) is 36.0 Å². The number of fused-ring (bicyclic) bond motifs is 1. The monoisotopic (exact) mass is 271 g/mol. The quantitative estimate of drug-likeness (QED) is 0.752. The summed E-state index contributed by atoms with van der Waals surface area (Å²) in [5.41, 5.74) is 2.31. The lowest BCUT2D eigenvalue weighted by molar-refractivity contribution is -0.174. The predicted octanol–water partition coefficient (Wildman–Crippen LogP) is 3.92. The summed E-state index contributed by atoms with van der Waals surface area (Å²) in [6.45, 7) is 1.65. The smallest absolute Gasteiger partial charge is 0.372 e. The van der Waals surface area contributed by atoms with Gasteiger partial charge in [-0.25, -0.2) is 0 Å². The number of ether oxygens (including phenoxy) is 1. The van der Waals surface area contributed by atoms with Crippen molar-refractivity contribution >= 4 is 10.9 Å². The highest BCUT2D eigenvalue weighted by Crippen LogP contribution is 2.20. The second-order valence-electron chi connectivity index (χ2n) is 4.54. The molecule has 0 saturated heterocycles. The molecule has 104 valence electrons. The van der Waals surface area contributed by atoms with Crippen LogP contribution in [0.15, 0.2) is 30.5 Å². The molecule has 1 aromatic heterocycles. The van der Waals surface area contributed by atoms with Gasteiger partial charge < -0.3 is 9.30 Å². The molecule has 2 aromatic rings. The minimum atomic E-state index is -4.24. The van der Waals surface area contributed by atoms with Crippen molar-refractivity contribution in [2.75, 3.05) is 13.2 Å². The predicted molar refractivity (Wildman–Crippen MR) is 68.2 cm³/mol. The highest BCUT2D eigenvalue weighted by Gasteiger charge is 2.27. The van der Waals surface area contributed by atoms with Gasteiger partial charge in [-0.3, -0.25) is 0 Å². The molecule has 0 atom stereocenters. The Morgan fingerprint density at radius 3 is 2.74 bits per heavy atom. The summed E-state index contributed by atoms with van der Waals surface area (Å²) < 4.78 is 42.3. The van der Waals surface area contributed by atoms with E-state index in [0.717, 1.165) is 5.52 Å². The third-order valence-electron chi connectivity index (χ3n) is 2.99. The van der Waals surface area contributed by atoms with Gasteiger partial charge in [0.1, 0.15) is 6.61 Å². The summed E-state index contributed by atoms with van der Waals surface area (Å²) in [7, 11) is 0. The number of hydrogen-bond acceptors (Lipinski definition) is 1. The van der Waals surface area contributed by atoms with Crippen LogP contribution in [0.4, 0.5) is 13.2 Å². The van der Waals surface area contributed by atoms with E-state index < -0.39 is 12.8 Å². The van der Waals surface area contributed by atoms with E-state index in [1.807, 2.05) is 42.0 Å². The van der Waals surface area contributed by atoms with Gasteiger partial charge in [0.2, 0.25) is 0 Å².